The van der Waals surface area contributed by atoms with Crippen molar-refractivity contribution in [1.29, 1.82) is 0 Å². The van der Waals surface area contributed by atoms with Crippen LogP contribution in [0, 0.1) is 0 Å². The van der Waals surface area contributed by atoms with Crippen molar-refractivity contribution in [2.45, 2.75) is 12.1 Å². The van der Waals surface area contributed by atoms with E-state index in [-0.39, 0.29) is 0 Å². The second kappa shape index (κ2) is 5.29. The third kappa shape index (κ3) is 3.01. The molecule has 0 spiro atoms. The van der Waals surface area contributed by atoms with Crippen molar-refractivity contribution in [3.05, 3.63) is 25.3 Å². The van der Waals surface area contributed by atoms with Crippen LogP contribution in [-0.4, -0.2) is 22.8 Å². The molecule has 0 fully saturated rings. The fourth-order valence-electron chi connectivity index (χ4n) is 0.940. The number of hydrogen-bond donors (Lipinski definition) is 0. The topological polar surface area (TPSA) is 18.5 Å². The largest absolute Gasteiger partial charge is 0.397 e. The number of allylic oxidation sites excluding steroid dienone is 2. The first-order valence-electron chi connectivity index (χ1n) is 3.56. The Labute approximate surface area is 69.8 Å². The van der Waals surface area contributed by atoms with E-state index < -0.39 is 8.56 Å². The molecule has 11 heavy (non-hydrogen) atoms. The summed E-state index contributed by atoms with van der Waals surface area (Å²) in [7, 11) is 1.39. The molecule has 0 rings (SSSR count). The Bertz CT molecular complexity index is 118. The first-order chi connectivity index (χ1) is 5.24. The Hall–Kier alpha value is -0.383. The lowest BCUT2D eigenvalue weighted by molar-refractivity contribution is 0.249. The number of hydrogen-bond acceptors (Lipinski definition) is 2. The van der Waals surface area contributed by atoms with Gasteiger partial charge < -0.3 is 8.85 Å². The van der Waals surface area contributed by atoms with Crippen LogP contribution in [0.5, 0.6) is 0 Å². The summed E-state index contributed by atoms with van der Waals surface area (Å²) in [6, 6.07) is 1.62. The van der Waals surface area contributed by atoms with Gasteiger partial charge in [-0.15, -0.1) is 13.2 Å². The third-order valence-corrected chi connectivity index (χ3v) is 4.96. The summed E-state index contributed by atoms with van der Waals surface area (Å²) in [5, 5.41) is 0. The molecule has 0 aromatic rings. The van der Waals surface area contributed by atoms with Gasteiger partial charge in [0.1, 0.15) is 0 Å². The smallest absolute Gasteiger partial charge is 0.345 e. The zero-order valence-corrected chi connectivity index (χ0v) is 8.30. The summed E-state index contributed by atoms with van der Waals surface area (Å²) in [5.74, 6) is 0. The lowest BCUT2D eigenvalue weighted by Gasteiger charge is -2.24. The van der Waals surface area contributed by atoms with Gasteiger partial charge in [0, 0.05) is 26.3 Å². The maximum absolute atomic E-state index is 5.34. The van der Waals surface area contributed by atoms with E-state index in [1.165, 1.54) is 0 Å². The van der Waals surface area contributed by atoms with Gasteiger partial charge in [-0.3, -0.25) is 0 Å². The third-order valence-electron chi connectivity index (χ3n) is 1.65. The normalized spacial score (nSPS) is 11.1. The predicted octanol–water partition coefficient (Wildman–Crippen LogP) is 2.09. The highest BCUT2D eigenvalue weighted by atomic mass is 28.4. The molecule has 0 saturated heterocycles. The van der Waals surface area contributed by atoms with Crippen LogP contribution in [0.2, 0.25) is 12.1 Å². The maximum Gasteiger partial charge on any atom is 0.345 e. The molecule has 0 atom stereocenters. The van der Waals surface area contributed by atoms with Crippen molar-refractivity contribution in [2.75, 3.05) is 14.2 Å². The van der Waals surface area contributed by atoms with Crippen LogP contribution >= 0.6 is 0 Å². The van der Waals surface area contributed by atoms with Crippen molar-refractivity contribution >= 4 is 8.56 Å². The summed E-state index contributed by atoms with van der Waals surface area (Å²) < 4.78 is 10.7. The lowest BCUT2D eigenvalue weighted by atomic mass is 10.7. The minimum absolute atomic E-state index is 0.812. The van der Waals surface area contributed by atoms with E-state index in [0.717, 1.165) is 12.1 Å². The highest BCUT2D eigenvalue weighted by Gasteiger charge is 2.31. The van der Waals surface area contributed by atoms with Gasteiger partial charge in [-0.25, -0.2) is 0 Å². The number of rotatable bonds is 6. The summed E-state index contributed by atoms with van der Waals surface area (Å²) in [6.07, 6.45) is 3.67. The minimum Gasteiger partial charge on any atom is -0.397 e. The van der Waals surface area contributed by atoms with Gasteiger partial charge in [-0.1, -0.05) is 12.2 Å². The quantitative estimate of drug-likeness (QED) is 0.451. The average Bonchev–Trinajstić information content (AvgIpc) is 2.04. The zero-order chi connectivity index (χ0) is 8.74. The van der Waals surface area contributed by atoms with Gasteiger partial charge in [-0.2, -0.15) is 0 Å². The highest BCUT2D eigenvalue weighted by Crippen LogP contribution is 2.17. The first kappa shape index (κ1) is 10.6. The van der Waals surface area contributed by atoms with Crippen LogP contribution in [0.4, 0.5) is 0 Å². The Morgan fingerprint density at radius 3 is 1.64 bits per heavy atom. The molecule has 0 aliphatic heterocycles. The standard InChI is InChI=1S/C8H16O2Si/c1-5-7-11(9-3,10-4)8-6-2/h5-6H,1-2,7-8H2,3-4H3. The van der Waals surface area contributed by atoms with Crippen molar-refractivity contribution in [1.82, 2.24) is 0 Å². The molecule has 0 bridgehead atoms. The summed E-state index contributed by atoms with van der Waals surface area (Å²) in [4.78, 5) is 0. The van der Waals surface area contributed by atoms with Crippen LogP contribution in [0.3, 0.4) is 0 Å². The second-order valence-corrected chi connectivity index (χ2v) is 5.76. The van der Waals surface area contributed by atoms with E-state index in [9.17, 15) is 0 Å². The minimum atomic E-state index is -1.98. The molecule has 64 valence electrons. The van der Waals surface area contributed by atoms with Crippen LogP contribution in [0.1, 0.15) is 0 Å². The lowest BCUT2D eigenvalue weighted by Crippen LogP contribution is -2.38. The highest BCUT2D eigenvalue weighted by molar-refractivity contribution is 6.68. The molecule has 3 heteroatoms. The van der Waals surface area contributed by atoms with E-state index >= 15 is 0 Å². The summed E-state index contributed by atoms with van der Waals surface area (Å²) in [6.45, 7) is 7.33. The molecule has 0 aromatic carbocycles. The molecule has 0 saturated carbocycles. The van der Waals surface area contributed by atoms with E-state index in [4.69, 9.17) is 8.85 Å². The molecular formula is C8H16O2Si. The van der Waals surface area contributed by atoms with Gasteiger partial charge in [-0.05, 0) is 0 Å². The van der Waals surface area contributed by atoms with Gasteiger partial charge in [0.05, 0.1) is 0 Å². The van der Waals surface area contributed by atoms with Gasteiger partial charge in [0.15, 0.2) is 0 Å². The molecular weight excluding hydrogens is 156 g/mol. The summed E-state index contributed by atoms with van der Waals surface area (Å²) in [5.41, 5.74) is 0. The molecule has 0 aliphatic rings. The van der Waals surface area contributed by atoms with Gasteiger partial charge >= 0.3 is 8.56 Å². The molecule has 0 aromatic heterocycles. The van der Waals surface area contributed by atoms with Crippen molar-refractivity contribution < 1.29 is 8.85 Å². The molecule has 2 nitrogen and oxygen atoms in total. The molecule has 0 unspecified atom stereocenters. The van der Waals surface area contributed by atoms with Crippen LogP contribution in [0.25, 0.3) is 0 Å². The van der Waals surface area contributed by atoms with E-state index in [2.05, 4.69) is 13.2 Å². The van der Waals surface area contributed by atoms with E-state index in [1.54, 1.807) is 14.2 Å². The van der Waals surface area contributed by atoms with Crippen molar-refractivity contribution in [3.8, 4) is 0 Å². The van der Waals surface area contributed by atoms with E-state index in [0.29, 0.717) is 0 Å². The van der Waals surface area contributed by atoms with Gasteiger partial charge in [0.2, 0.25) is 0 Å². The van der Waals surface area contributed by atoms with Crippen LogP contribution in [-0.2, 0) is 8.85 Å². The Kier molecular flexibility index (Phi) is 5.11. The molecule has 0 N–H and O–H groups in total. The molecule has 0 radical (unpaired) electrons. The molecule has 0 heterocycles. The second-order valence-electron chi connectivity index (χ2n) is 2.30. The molecule has 0 amide bonds. The fourth-order valence-corrected chi connectivity index (χ4v) is 2.82. The summed E-state index contributed by atoms with van der Waals surface area (Å²) >= 11 is 0. The fraction of sp³-hybridized carbons (Fsp3) is 0.500. The Morgan fingerprint density at radius 1 is 1.09 bits per heavy atom. The Balaban J connectivity index is 4.17. The van der Waals surface area contributed by atoms with E-state index in [1.807, 2.05) is 12.2 Å². The van der Waals surface area contributed by atoms with Crippen LogP contribution < -0.4 is 0 Å². The Morgan fingerprint density at radius 2 is 1.45 bits per heavy atom. The van der Waals surface area contributed by atoms with Crippen molar-refractivity contribution in [3.63, 3.8) is 0 Å². The zero-order valence-electron chi connectivity index (χ0n) is 7.30. The maximum atomic E-state index is 5.34. The molecule has 0 aliphatic carbocycles. The van der Waals surface area contributed by atoms with Gasteiger partial charge in [0.25, 0.3) is 0 Å². The predicted molar refractivity (Wildman–Crippen MR) is 49.8 cm³/mol. The van der Waals surface area contributed by atoms with Crippen molar-refractivity contribution in [2.24, 2.45) is 0 Å². The monoisotopic (exact) mass is 172 g/mol. The van der Waals surface area contributed by atoms with Crippen LogP contribution in [0.15, 0.2) is 25.3 Å². The SMILES string of the molecule is C=CC[Si](CC=C)(OC)OC. The first-order valence-corrected chi connectivity index (χ1v) is 5.80. The average molecular weight is 172 g/mol.